The number of aromatic nitrogens is 3. The van der Waals surface area contributed by atoms with Crippen LogP contribution in [0.3, 0.4) is 0 Å². The quantitative estimate of drug-likeness (QED) is 0.302. The molecule has 1 amide bonds. The predicted octanol–water partition coefficient (Wildman–Crippen LogP) is 4.46. The summed E-state index contributed by atoms with van der Waals surface area (Å²) >= 11 is 5.94. The highest BCUT2D eigenvalue weighted by molar-refractivity contribution is 6.30. The molecule has 0 atom stereocenters. The maximum absolute atomic E-state index is 12.2. The number of carbonyl (C=O) groups excluding carboxylic acids is 2. The molecule has 0 aliphatic carbocycles. The fourth-order valence-electron chi connectivity index (χ4n) is 3.19. The van der Waals surface area contributed by atoms with E-state index in [0.29, 0.717) is 22.8 Å². The number of carbonyl (C=O) groups is 2. The summed E-state index contributed by atoms with van der Waals surface area (Å²) in [5, 5.41) is 7.94. The van der Waals surface area contributed by atoms with Crippen molar-refractivity contribution >= 4 is 29.6 Å². The molecular formula is C26H21ClN4O3. The van der Waals surface area contributed by atoms with Gasteiger partial charge in [-0.15, -0.1) is 0 Å². The largest absolute Gasteiger partial charge is 0.452 e. The number of nitrogens with one attached hydrogen (secondary N) is 1. The van der Waals surface area contributed by atoms with E-state index >= 15 is 0 Å². The summed E-state index contributed by atoms with van der Waals surface area (Å²) in [5.74, 6) is -1.04. The highest BCUT2D eigenvalue weighted by atomic mass is 35.5. The van der Waals surface area contributed by atoms with Gasteiger partial charge in [0.1, 0.15) is 5.69 Å². The number of ether oxygens (including phenoxy) is 1. The van der Waals surface area contributed by atoms with Gasteiger partial charge in [-0.2, -0.15) is 5.10 Å². The molecular weight excluding hydrogens is 452 g/mol. The zero-order valence-corrected chi connectivity index (χ0v) is 18.9. The van der Waals surface area contributed by atoms with Gasteiger partial charge in [-0.25, -0.2) is 9.48 Å². The molecule has 2 heterocycles. The van der Waals surface area contributed by atoms with Crippen LogP contribution in [-0.2, 0) is 20.9 Å². The van der Waals surface area contributed by atoms with Crippen molar-refractivity contribution in [1.82, 2.24) is 20.1 Å². The summed E-state index contributed by atoms with van der Waals surface area (Å²) in [6, 6.07) is 20.5. The van der Waals surface area contributed by atoms with Crippen molar-refractivity contribution in [3.05, 3.63) is 108 Å². The Labute approximate surface area is 201 Å². The Morgan fingerprint density at radius 1 is 1.06 bits per heavy atom. The van der Waals surface area contributed by atoms with E-state index in [0.717, 1.165) is 16.8 Å². The maximum atomic E-state index is 12.2. The molecule has 0 unspecified atom stereocenters. The third-order valence-corrected chi connectivity index (χ3v) is 5.06. The Hall–Kier alpha value is -4.23. The summed E-state index contributed by atoms with van der Waals surface area (Å²) in [6.45, 7) is -0.0948. The number of para-hydroxylation sites is 1. The van der Waals surface area contributed by atoms with Crippen molar-refractivity contribution in [3.8, 4) is 16.9 Å². The maximum Gasteiger partial charge on any atom is 0.331 e. The lowest BCUT2D eigenvalue weighted by Crippen LogP contribution is -2.28. The third-order valence-electron chi connectivity index (χ3n) is 4.82. The van der Waals surface area contributed by atoms with E-state index in [2.05, 4.69) is 15.4 Å². The molecule has 1 N–H and O–H groups in total. The smallest absolute Gasteiger partial charge is 0.331 e. The lowest BCUT2D eigenvalue weighted by Gasteiger charge is -2.06. The first-order chi connectivity index (χ1) is 16.6. The summed E-state index contributed by atoms with van der Waals surface area (Å²) < 4.78 is 6.80. The van der Waals surface area contributed by atoms with Gasteiger partial charge in [0.15, 0.2) is 6.61 Å². The monoisotopic (exact) mass is 472 g/mol. The Morgan fingerprint density at radius 2 is 1.91 bits per heavy atom. The van der Waals surface area contributed by atoms with Crippen molar-refractivity contribution in [2.45, 2.75) is 6.54 Å². The van der Waals surface area contributed by atoms with Gasteiger partial charge >= 0.3 is 5.97 Å². The van der Waals surface area contributed by atoms with E-state index < -0.39 is 11.9 Å². The average molecular weight is 473 g/mol. The van der Waals surface area contributed by atoms with E-state index in [1.54, 1.807) is 41.4 Å². The highest BCUT2D eigenvalue weighted by Gasteiger charge is 2.12. The van der Waals surface area contributed by atoms with Crippen LogP contribution in [-0.4, -0.2) is 33.2 Å². The number of benzene rings is 2. The number of nitrogens with zero attached hydrogens (tertiary/aromatic N) is 3. The standard InChI is InChI=1S/C26H21ClN4O3/c27-22-8-4-6-19(14-22)15-29-24(32)18-34-25(33)12-11-21-17-31(23-9-2-1-3-10-23)30-26(21)20-7-5-13-28-16-20/h1-14,16-17H,15,18H2,(H,29,32)/b12-11+. The first-order valence-corrected chi connectivity index (χ1v) is 10.9. The fourth-order valence-corrected chi connectivity index (χ4v) is 3.40. The van der Waals surface area contributed by atoms with Crippen LogP contribution in [0.15, 0.2) is 91.4 Å². The van der Waals surface area contributed by atoms with Gasteiger partial charge in [0.05, 0.1) is 5.69 Å². The minimum absolute atomic E-state index is 0.292. The summed E-state index contributed by atoms with van der Waals surface area (Å²) in [7, 11) is 0. The number of hydrogen-bond donors (Lipinski definition) is 1. The van der Waals surface area contributed by atoms with Crippen molar-refractivity contribution in [3.63, 3.8) is 0 Å². The highest BCUT2D eigenvalue weighted by Crippen LogP contribution is 2.24. The van der Waals surface area contributed by atoms with Crippen molar-refractivity contribution in [2.75, 3.05) is 6.61 Å². The van der Waals surface area contributed by atoms with Gasteiger partial charge in [-0.3, -0.25) is 9.78 Å². The van der Waals surface area contributed by atoms with Crippen LogP contribution in [0.25, 0.3) is 23.0 Å². The number of rotatable bonds is 8. The van der Waals surface area contributed by atoms with Gasteiger partial charge < -0.3 is 10.1 Å². The number of hydrogen-bond acceptors (Lipinski definition) is 5. The molecule has 0 saturated carbocycles. The molecule has 0 fully saturated rings. The Bertz CT molecular complexity index is 1300. The molecule has 0 aliphatic heterocycles. The molecule has 170 valence electrons. The molecule has 2 aromatic heterocycles. The molecule has 4 rings (SSSR count). The van der Waals surface area contributed by atoms with E-state index in [9.17, 15) is 9.59 Å². The molecule has 4 aromatic rings. The molecule has 34 heavy (non-hydrogen) atoms. The van der Waals surface area contributed by atoms with Gasteiger partial charge in [-0.05, 0) is 48.0 Å². The zero-order valence-electron chi connectivity index (χ0n) is 18.1. The SMILES string of the molecule is O=C(COC(=O)/C=C/c1cn(-c2ccccc2)nc1-c1cccnc1)NCc1cccc(Cl)c1. The van der Waals surface area contributed by atoms with Crippen molar-refractivity contribution < 1.29 is 14.3 Å². The lowest BCUT2D eigenvalue weighted by molar-refractivity contribution is -0.143. The van der Waals surface area contributed by atoms with Crippen LogP contribution in [0.1, 0.15) is 11.1 Å². The number of halogens is 1. The molecule has 0 radical (unpaired) electrons. The molecule has 0 saturated heterocycles. The van der Waals surface area contributed by atoms with Crippen LogP contribution in [0.5, 0.6) is 0 Å². The van der Waals surface area contributed by atoms with Gasteiger partial charge in [-0.1, -0.05) is 41.9 Å². The number of esters is 1. The second kappa shape index (κ2) is 11.1. The van der Waals surface area contributed by atoms with Gasteiger partial charge in [0.25, 0.3) is 5.91 Å². The summed E-state index contributed by atoms with van der Waals surface area (Å²) in [5.41, 5.74) is 3.92. The van der Waals surface area contributed by atoms with Gasteiger partial charge in [0, 0.05) is 47.4 Å². The minimum Gasteiger partial charge on any atom is -0.452 e. The molecule has 0 aliphatic rings. The van der Waals surface area contributed by atoms with Crippen LogP contribution in [0.2, 0.25) is 5.02 Å². The van der Waals surface area contributed by atoms with Crippen LogP contribution < -0.4 is 5.32 Å². The van der Waals surface area contributed by atoms with Gasteiger partial charge in [0.2, 0.25) is 0 Å². The fraction of sp³-hybridized carbons (Fsp3) is 0.0769. The number of pyridine rings is 1. The van der Waals surface area contributed by atoms with Crippen LogP contribution in [0, 0.1) is 0 Å². The van der Waals surface area contributed by atoms with E-state index in [-0.39, 0.29) is 6.61 Å². The third kappa shape index (κ3) is 6.17. The minimum atomic E-state index is -0.637. The summed E-state index contributed by atoms with van der Waals surface area (Å²) in [6.07, 6.45) is 8.09. The lowest BCUT2D eigenvalue weighted by atomic mass is 10.1. The molecule has 0 bridgehead atoms. The average Bonchev–Trinajstić information content (AvgIpc) is 3.30. The molecule has 0 spiro atoms. The molecule has 8 heteroatoms. The predicted molar refractivity (Wildman–Crippen MR) is 130 cm³/mol. The first-order valence-electron chi connectivity index (χ1n) is 10.5. The van der Waals surface area contributed by atoms with Crippen LogP contribution in [0.4, 0.5) is 0 Å². The molecule has 2 aromatic carbocycles. The second-order valence-corrected chi connectivity index (χ2v) is 7.74. The summed E-state index contributed by atoms with van der Waals surface area (Å²) in [4.78, 5) is 28.4. The van der Waals surface area contributed by atoms with E-state index in [4.69, 9.17) is 16.3 Å². The Morgan fingerprint density at radius 3 is 2.68 bits per heavy atom. The Kier molecular flexibility index (Phi) is 7.47. The number of amides is 1. The second-order valence-electron chi connectivity index (χ2n) is 7.30. The normalized spacial score (nSPS) is 10.9. The zero-order chi connectivity index (χ0) is 23.8. The van der Waals surface area contributed by atoms with E-state index in [1.807, 2.05) is 54.7 Å². The topological polar surface area (TPSA) is 86.1 Å². The first kappa shape index (κ1) is 22.9. The van der Waals surface area contributed by atoms with Crippen LogP contribution >= 0.6 is 11.6 Å². The van der Waals surface area contributed by atoms with Crippen molar-refractivity contribution in [1.29, 1.82) is 0 Å². The van der Waals surface area contributed by atoms with Crippen molar-refractivity contribution in [2.24, 2.45) is 0 Å². The Balaban J connectivity index is 1.40. The van der Waals surface area contributed by atoms with E-state index in [1.165, 1.54) is 6.08 Å². The molecule has 7 nitrogen and oxygen atoms in total.